The van der Waals surface area contributed by atoms with Crippen molar-refractivity contribution < 1.29 is 13.9 Å². The maximum atomic E-state index is 14.8. The highest BCUT2D eigenvalue weighted by atomic mass is 19.1. The van der Waals surface area contributed by atoms with E-state index in [-0.39, 0.29) is 17.7 Å². The van der Waals surface area contributed by atoms with E-state index in [1.54, 1.807) is 35.4 Å². The smallest absolute Gasteiger partial charge is 0.272 e. The number of ether oxygens (including phenoxy) is 1. The Hall–Kier alpha value is -4.18. The zero-order chi connectivity index (χ0) is 24.6. The maximum Gasteiger partial charge on any atom is 0.272 e. The molecule has 1 saturated heterocycles. The topological polar surface area (TPSA) is 113 Å². The van der Waals surface area contributed by atoms with Crippen LogP contribution in [0.5, 0.6) is 0 Å². The number of H-pyrrole nitrogens is 1. The third-order valence-electron chi connectivity index (χ3n) is 6.61. The van der Waals surface area contributed by atoms with Gasteiger partial charge in [-0.2, -0.15) is 5.10 Å². The quantitative estimate of drug-likeness (QED) is 0.431. The summed E-state index contributed by atoms with van der Waals surface area (Å²) in [4.78, 5) is 35.8. The Morgan fingerprint density at radius 1 is 1.17 bits per heavy atom. The molecular weight excluding hydrogens is 463 g/mol. The zero-order valence-electron chi connectivity index (χ0n) is 19.3. The first kappa shape index (κ1) is 22.3. The average Bonchev–Trinajstić information content (AvgIpc) is 3.29. The highest BCUT2D eigenvalue weighted by Gasteiger charge is 2.28. The molecule has 36 heavy (non-hydrogen) atoms. The second kappa shape index (κ2) is 9.12. The highest BCUT2D eigenvalue weighted by Crippen LogP contribution is 2.25. The fourth-order valence-electron chi connectivity index (χ4n) is 4.54. The van der Waals surface area contributed by atoms with Crippen molar-refractivity contribution in [2.75, 3.05) is 25.1 Å². The van der Waals surface area contributed by atoms with E-state index < -0.39 is 11.7 Å². The van der Waals surface area contributed by atoms with E-state index in [2.05, 4.69) is 25.5 Å². The number of nitrogens with zero attached hydrogens (tertiary/aromatic N) is 4. The van der Waals surface area contributed by atoms with Gasteiger partial charge in [-0.1, -0.05) is 24.3 Å². The molecule has 182 valence electrons. The molecule has 0 bridgehead atoms. The fourth-order valence-corrected chi connectivity index (χ4v) is 4.54. The Kier molecular flexibility index (Phi) is 5.65. The van der Waals surface area contributed by atoms with Gasteiger partial charge in [0.15, 0.2) is 0 Å². The molecule has 4 aromatic rings. The van der Waals surface area contributed by atoms with Crippen molar-refractivity contribution in [2.45, 2.75) is 19.5 Å². The Balaban J connectivity index is 1.20. The van der Waals surface area contributed by atoms with Gasteiger partial charge in [-0.15, -0.1) is 0 Å². The number of hydrogen-bond acceptors (Lipinski definition) is 7. The number of carbonyl (C=O) groups is 1. The van der Waals surface area contributed by atoms with Gasteiger partial charge in [0, 0.05) is 42.6 Å². The van der Waals surface area contributed by atoms with Crippen LogP contribution in [0.3, 0.4) is 0 Å². The van der Waals surface area contributed by atoms with E-state index in [0.717, 1.165) is 36.4 Å². The first-order valence-electron chi connectivity index (χ1n) is 11.8. The van der Waals surface area contributed by atoms with E-state index in [1.807, 2.05) is 12.1 Å². The van der Waals surface area contributed by atoms with Crippen LogP contribution in [0.2, 0.25) is 0 Å². The average molecular weight is 487 g/mol. The van der Waals surface area contributed by atoms with E-state index in [4.69, 9.17) is 4.74 Å². The SMILES string of the molecule is O=C(c1cc(Cc2n[nH]c(=O)c3ccccc23)ccc1F)N1Cc2cnc(NCC3COC3)nc2C1. The number of benzene rings is 2. The lowest BCUT2D eigenvalue weighted by Gasteiger charge is -2.25. The number of hydrogen-bond donors (Lipinski definition) is 2. The van der Waals surface area contributed by atoms with Crippen molar-refractivity contribution in [3.63, 3.8) is 0 Å². The predicted molar refractivity (Wildman–Crippen MR) is 130 cm³/mol. The number of aromatic nitrogens is 4. The van der Waals surface area contributed by atoms with Crippen LogP contribution in [0.25, 0.3) is 10.8 Å². The fraction of sp³-hybridized carbons (Fsp3) is 0.269. The van der Waals surface area contributed by atoms with Gasteiger partial charge in [0.1, 0.15) is 5.82 Å². The molecule has 10 heteroatoms. The largest absolute Gasteiger partial charge is 0.381 e. The third kappa shape index (κ3) is 4.20. The van der Waals surface area contributed by atoms with Gasteiger partial charge in [0.05, 0.1) is 42.1 Å². The molecule has 0 unspecified atom stereocenters. The lowest BCUT2D eigenvalue weighted by atomic mass is 10.0. The van der Waals surface area contributed by atoms with Crippen LogP contribution in [0.4, 0.5) is 10.3 Å². The molecular formula is C26H23FN6O3. The van der Waals surface area contributed by atoms with Gasteiger partial charge in [-0.25, -0.2) is 19.5 Å². The van der Waals surface area contributed by atoms with E-state index in [0.29, 0.717) is 41.5 Å². The zero-order valence-corrected chi connectivity index (χ0v) is 19.3. The minimum atomic E-state index is -0.588. The predicted octanol–water partition coefficient (Wildman–Crippen LogP) is 2.66. The summed E-state index contributed by atoms with van der Waals surface area (Å²) < 4.78 is 19.9. The monoisotopic (exact) mass is 486 g/mol. The number of nitrogens with one attached hydrogen (secondary N) is 2. The standard InChI is InChI=1S/C26H23FN6O3/c27-21-6-5-15(8-22-18-3-1-2-4-19(18)24(34)32-31-22)7-20(21)25(35)33-11-17-10-29-26(30-23(17)12-33)28-9-16-13-36-14-16/h1-7,10,16H,8-9,11-14H2,(H,32,34)(H,28,29,30). The van der Waals surface area contributed by atoms with Crippen molar-refractivity contribution in [1.29, 1.82) is 0 Å². The molecule has 2 aromatic heterocycles. The number of halogens is 1. The normalized spacial score (nSPS) is 15.1. The first-order chi connectivity index (χ1) is 17.5. The van der Waals surface area contributed by atoms with Crippen molar-refractivity contribution in [1.82, 2.24) is 25.1 Å². The summed E-state index contributed by atoms with van der Waals surface area (Å²) in [5.74, 6) is -0.0221. The van der Waals surface area contributed by atoms with Crippen LogP contribution in [0, 0.1) is 11.7 Å². The van der Waals surface area contributed by atoms with Gasteiger partial charge in [0.2, 0.25) is 5.95 Å². The van der Waals surface area contributed by atoms with E-state index >= 15 is 0 Å². The molecule has 2 aliphatic heterocycles. The van der Waals surface area contributed by atoms with Crippen LogP contribution >= 0.6 is 0 Å². The summed E-state index contributed by atoms with van der Waals surface area (Å²) in [7, 11) is 0. The molecule has 0 saturated carbocycles. The Labute approximate surface area is 205 Å². The van der Waals surface area contributed by atoms with Gasteiger partial charge in [-0.05, 0) is 23.8 Å². The van der Waals surface area contributed by atoms with E-state index in [9.17, 15) is 14.0 Å². The number of carbonyl (C=O) groups excluding carboxylic acids is 1. The molecule has 9 nitrogen and oxygen atoms in total. The summed E-state index contributed by atoms with van der Waals surface area (Å²) in [5.41, 5.74) is 2.69. The number of rotatable bonds is 6. The lowest BCUT2D eigenvalue weighted by Crippen LogP contribution is -2.33. The molecule has 6 rings (SSSR count). The molecule has 1 fully saturated rings. The molecule has 1 amide bonds. The number of anilines is 1. The Morgan fingerprint density at radius 2 is 2.00 bits per heavy atom. The third-order valence-corrected chi connectivity index (χ3v) is 6.61. The second-order valence-corrected chi connectivity index (χ2v) is 9.15. The molecule has 2 aromatic carbocycles. The molecule has 0 aliphatic carbocycles. The Morgan fingerprint density at radius 3 is 2.81 bits per heavy atom. The number of fused-ring (bicyclic) bond motifs is 2. The lowest BCUT2D eigenvalue weighted by molar-refractivity contribution is -0.0249. The minimum absolute atomic E-state index is 0.00896. The van der Waals surface area contributed by atoms with Gasteiger partial charge in [0.25, 0.3) is 11.5 Å². The Bertz CT molecular complexity index is 1530. The van der Waals surface area contributed by atoms with Crippen molar-refractivity contribution in [3.05, 3.63) is 92.9 Å². The summed E-state index contributed by atoms with van der Waals surface area (Å²) >= 11 is 0. The highest BCUT2D eigenvalue weighted by molar-refractivity contribution is 5.95. The molecule has 4 heterocycles. The maximum absolute atomic E-state index is 14.8. The summed E-state index contributed by atoms with van der Waals surface area (Å²) in [5, 5.41) is 11.2. The van der Waals surface area contributed by atoms with Crippen LogP contribution in [-0.4, -0.2) is 50.7 Å². The summed E-state index contributed by atoms with van der Waals surface area (Å²) in [6.07, 6.45) is 2.06. The van der Waals surface area contributed by atoms with Gasteiger partial charge in [-0.3, -0.25) is 9.59 Å². The van der Waals surface area contributed by atoms with Crippen molar-refractivity contribution in [3.8, 4) is 0 Å². The molecule has 2 aliphatic rings. The second-order valence-electron chi connectivity index (χ2n) is 9.15. The molecule has 0 spiro atoms. The van der Waals surface area contributed by atoms with Gasteiger partial charge >= 0.3 is 0 Å². The van der Waals surface area contributed by atoms with Crippen LogP contribution in [-0.2, 0) is 24.2 Å². The van der Waals surface area contributed by atoms with Crippen LogP contribution in [0.1, 0.15) is 32.9 Å². The van der Waals surface area contributed by atoms with E-state index in [1.165, 1.54) is 6.07 Å². The van der Waals surface area contributed by atoms with Crippen LogP contribution < -0.4 is 10.9 Å². The number of aromatic amines is 1. The molecule has 2 N–H and O–H groups in total. The summed E-state index contributed by atoms with van der Waals surface area (Å²) in [6, 6.07) is 11.7. The van der Waals surface area contributed by atoms with Crippen LogP contribution in [0.15, 0.2) is 53.5 Å². The summed E-state index contributed by atoms with van der Waals surface area (Å²) in [6.45, 7) is 2.81. The first-order valence-corrected chi connectivity index (χ1v) is 11.8. The minimum Gasteiger partial charge on any atom is -0.381 e. The van der Waals surface area contributed by atoms with Crippen molar-refractivity contribution in [2.24, 2.45) is 5.92 Å². The van der Waals surface area contributed by atoms with Crippen molar-refractivity contribution >= 4 is 22.6 Å². The number of amides is 1. The molecule has 0 radical (unpaired) electrons. The van der Waals surface area contributed by atoms with Gasteiger partial charge < -0.3 is 15.0 Å². The molecule has 0 atom stereocenters.